The highest BCUT2D eigenvalue weighted by molar-refractivity contribution is 5.82. The fraction of sp³-hybridized carbons (Fsp3) is 0.667. The number of hydrogen-bond donors (Lipinski definition) is 1. The second-order valence-corrected chi connectivity index (χ2v) is 7.73. The summed E-state index contributed by atoms with van der Waals surface area (Å²) in [5.41, 5.74) is 7.67. The van der Waals surface area contributed by atoms with E-state index in [1.807, 2.05) is 4.90 Å². The van der Waals surface area contributed by atoms with Gasteiger partial charge in [0.1, 0.15) is 0 Å². The van der Waals surface area contributed by atoms with E-state index in [1.165, 1.54) is 5.56 Å². The molecule has 2 saturated heterocycles. The Labute approximate surface area is 157 Å². The first kappa shape index (κ1) is 19.3. The predicted molar refractivity (Wildman–Crippen MR) is 104 cm³/mol. The van der Waals surface area contributed by atoms with Crippen LogP contribution in [-0.2, 0) is 16.1 Å². The van der Waals surface area contributed by atoms with E-state index in [1.54, 1.807) is 0 Å². The molecular formula is C21H33N3O2. The number of nitrogens with zero attached hydrogens (tertiary/aromatic N) is 2. The smallest absolute Gasteiger partial charge is 0.239 e. The Hall–Kier alpha value is -1.43. The fourth-order valence-electron chi connectivity index (χ4n) is 4.22. The molecule has 2 unspecified atom stereocenters. The number of rotatable bonds is 7. The summed E-state index contributed by atoms with van der Waals surface area (Å²) in [7, 11) is 0. The van der Waals surface area contributed by atoms with Crippen LogP contribution in [0.25, 0.3) is 0 Å². The maximum Gasteiger partial charge on any atom is 0.239 e. The van der Waals surface area contributed by atoms with Crippen LogP contribution in [-0.4, -0.2) is 61.1 Å². The van der Waals surface area contributed by atoms with Gasteiger partial charge in [0.15, 0.2) is 0 Å². The van der Waals surface area contributed by atoms with E-state index in [9.17, 15) is 4.79 Å². The average Bonchev–Trinajstić information content (AvgIpc) is 3.13. The van der Waals surface area contributed by atoms with Crippen LogP contribution in [0.5, 0.6) is 0 Å². The summed E-state index contributed by atoms with van der Waals surface area (Å²) in [6.45, 7) is 8.26. The van der Waals surface area contributed by atoms with Crippen molar-refractivity contribution in [3.8, 4) is 0 Å². The zero-order valence-corrected chi connectivity index (χ0v) is 16.0. The van der Waals surface area contributed by atoms with E-state index in [0.29, 0.717) is 5.92 Å². The van der Waals surface area contributed by atoms with Crippen LogP contribution < -0.4 is 5.73 Å². The standard InChI is InChI=1S/C21H33N3O2/c1-2-24(21(25)20(22)19-9-12-26-13-10-19)16-18-8-11-23(15-18)14-17-6-4-3-5-7-17/h3-7,18-20H,2,8-16,22H2,1H3. The molecule has 3 rings (SSSR count). The van der Waals surface area contributed by atoms with Crippen LogP contribution in [0.1, 0.15) is 31.7 Å². The number of likely N-dealkylation sites (N-methyl/N-ethyl adjacent to an activating group) is 1. The highest BCUT2D eigenvalue weighted by atomic mass is 16.5. The van der Waals surface area contributed by atoms with Gasteiger partial charge in [-0.15, -0.1) is 0 Å². The summed E-state index contributed by atoms with van der Waals surface area (Å²) in [5, 5.41) is 0. The number of likely N-dealkylation sites (tertiary alicyclic amines) is 1. The van der Waals surface area contributed by atoms with Gasteiger partial charge in [-0.25, -0.2) is 0 Å². The van der Waals surface area contributed by atoms with Gasteiger partial charge in [-0.1, -0.05) is 30.3 Å². The first-order chi connectivity index (χ1) is 12.7. The third-order valence-corrected chi connectivity index (χ3v) is 5.85. The number of carbonyl (C=O) groups excluding carboxylic acids is 1. The van der Waals surface area contributed by atoms with Crippen molar-refractivity contribution in [1.29, 1.82) is 0 Å². The molecule has 2 fully saturated rings. The molecule has 2 N–H and O–H groups in total. The highest BCUT2D eigenvalue weighted by Crippen LogP contribution is 2.22. The molecule has 0 aromatic heterocycles. The van der Waals surface area contributed by atoms with Gasteiger partial charge in [0, 0.05) is 39.4 Å². The number of ether oxygens (including phenoxy) is 1. The number of hydrogen-bond acceptors (Lipinski definition) is 4. The van der Waals surface area contributed by atoms with Gasteiger partial charge in [-0.3, -0.25) is 9.69 Å². The molecule has 2 atom stereocenters. The molecule has 1 aromatic rings. The van der Waals surface area contributed by atoms with Crippen molar-refractivity contribution >= 4 is 5.91 Å². The Morgan fingerprint density at radius 3 is 2.69 bits per heavy atom. The molecule has 0 spiro atoms. The normalized spacial score (nSPS) is 23.1. The minimum atomic E-state index is -0.374. The molecule has 1 amide bonds. The lowest BCUT2D eigenvalue weighted by Crippen LogP contribution is -2.50. The molecule has 144 valence electrons. The molecule has 2 heterocycles. The number of carbonyl (C=O) groups is 1. The summed E-state index contributed by atoms with van der Waals surface area (Å²) >= 11 is 0. The molecule has 26 heavy (non-hydrogen) atoms. The van der Waals surface area contributed by atoms with Gasteiger partial charge >= 0.3 is 0 Å². The minimum Gasteiger partial charge on any atom is -0.381 e. The van der Waals surface area contributed by atoms with Gasteiger partial charge in [-0.05, 0) is 50.1 Å². The van der Waals surface area contributed by atoms with Crippen LogP contribution in [0.2, 0.25) is 0 Å². The fourth-order valence-corrected chi connectivity index (χ4v) is 4.22. The number of nitrogens with two attached hydrogens (primary N) is 1. The van der Waals surface area contributed by atoms with Crippen molar-refractivity contribution in [1.82, 2.24) is 9.80 Å². The van der Waals surface area contributed by atoms with Gasteiger partial charge in [0.25, 0.3) is 0 Å². The van der Waals surface area contributed by atoms with Crippen molar-refractivity contribution in [3.05, 3.63) is 35.9 Å². The van der Waals surface area contributed by atoms with E-state index < -0.39 is 0 Å². The van der Waals surface area contributed by atoms with E-state index in [2.05, 4.69) is 42.2 Å². The van der Waals surface area contributed by atoms with Crippen molar-refractivity contribution in [2.75, 3.05) is 39.4 Å². The Balaban J connectivity index is 1.49. The summed E-state index contributed by atoms with van der Waals surface area (Å²) in [5.74, 6) is 0.939. The maximum absolute atomic E-state index is 12.9. The van der Waals surface area contributed by atoms with Crippen molar-refractivity contribution in [2.24, 2.45) is 17.6 Å². The van der Waals surface area contributed by atoms with Gasteiger partial charge in [0.2, 0.25) is 5.91 Å². The van der Waals surface area contributed by atoms with Gasteiger partial charge in [-0.2, -0.15) is 0 Å². The van der Waals surface area contributed by atoms with E-state index in [4.69, 9.17) is 10.5 Å². The quantitative estimate of drug-likeness (QED) is 0.810. The first-order valence-electron chi connectivity index (χ1n) is 10.1. The lowest BCUT2D eigenvalue weighted by Gasteiger charge is -2.32. The van der Waals surface area contributed by atoms with E-state index in [-0.39, 0.29) is 17.9 Å². The molecule has 0 radical (unpaired) electrons. The molecule has 5 heteroatoms. The summed E-state index contributed by atoms with van der Waals surface area (Å²) < 4.78 is 5.40. The second kappa shape index (κ2) is 9.49. The SMILES string of the molecule is CCN(CC1CCN(Cc2ccccc2)C1)C(=O)C(N)C1CCOCC1. The van der Waals surface area contributed by atoms with E-state index >= 15 is 0 Å². The average molecular weight is 360 g/mol. The lowest BCUT2D eigenvalue weighted by molar-refractivity contribution is -0.135. The predicted octanol–water partition coefficient (Wildman–Crippen LogP) is 2.11. The summed E-state index contributed by atoms with van der Waals surface area (Å²) in [6.07, 6.45) is 2.96. The molecular weight excluding hydrogens is 326 g/mol. The third-order valence-electron chi connectivity index (χ3n) is 5.85. The minimum absolute atomic E-state index is 0.126. The Bertz CT molecular complexity index is 560. The number of benzene rings is 1. The van der Waals surface area contributed by atoms with Crippen LogP contribution in [0.4, 0.5) is 0 Å². The van der Waals surface area contributed by atoms with Crippen molar-refractivity contribution < 1.29 is 9.53 Å². The Morgan fingerprint density at radius 1 is 1.27 bits per heavy atom. The van der Waals surface area contributed by atoms with Gasteiger partial charge < -0.3 is 15.4 Å². The maximum atomic E-state index is 12.9. The summed E-state index contributed by atoms with van der Waals surface area (Å²) in [6, 6.07) is 10.2. The largest absolute Gasteiger partial charge is 0.381 e. The van der Waals surface area contributed by atoms with Crippen LogP contribution in [0, 0.1) is 11.8 Å². The zero-order chi connectivity index (χ0) is 18.4. The molecule has 2 aliphatic rings. The number of amides is 1. The van der Waals surface area contributed by atoms with Crippen LogP contribution in [0.15, 0.2) is 30.3 Å². The van der Waals surface area contributed by atoms with Gasteiger partial charge in [0.05, 0.1) is 6.04 Å². The first-order valence-corrected chi connectivity index (χ1v) is 10.1. The van der Waals surface area contributed by atoms with E-state index in [0.717, 1.165) is 65.2 Å². The third kappa shape index (κ3) is 5.06. The highest BCUT2D eigenvalue weighted by Gasteiger charge is 2.31. The zero-order valence-electron chi connectivity index (χ0n) is 16.0. The topological polar surface area (TPSA) is 58.8 Å². The lowest BCUT2D eigenvalue weighted by atomic mass is 9.91. The van der Waals surface area contributed by atoms with Crippen LogP contribution in [0.3, 0.4) is 0 Å². The van der Waals surface area contributed by atoms with Crippen molar-refractivity contribution in [3.63, 3.8) is 0 Å². The molecule has 2 aliphatic heterocycles. The monoisotopic (exact) mass is 359 g/mol. The Kier molecular flexibility index (Phi) is 7.06. The molecule has 0 saturated carbocycles. The summed E-state index contributed by atoms with van der Waals surface area (Å²) in [4.78, 5) is 17.4. The molecule has 1 aromatic carbocycles. The van der Waals surface area contributed by atoms with Crippen LogP contribution >= 0.6 is 0 Å². The molecule has 0 bridgehead atoms. The second-order valence-electron chi connectivity index (χ2n) is 7.73. The molecule has 5 nitrogen and oxygen atoms in total. The Morgan fingerprint density at radius 2 is 2.00 bits per heavy atom. The van der Waals surface area contributed by atoms with Crippen molar-refractivity contribution in [2.45, 2.75) is 38.8 Å². The molecule has 0 aliphatic carbocycles.